The molecule has 16 heavy (non-hydrogen) atoms. The van der Waals surface area contributed by atoms with Crippen molar-refractivity contribution >= 4 is 12.2 Å². The van der Waals surface area contributed by atoms with Gasteiger partial charge in [-0.05, 0) is 23.6 Å². The van der Waals surface area contributed by atoms with Gasteiger partial charge in [0.2, 0.25) is 0 Å². The first-order valence-corrected chi connectivity index (χ1v) is 5.46. The van der Waals surface area contributed by atoms with Gasteiger partial charge in [0.05, 0.1) is 5.56 Å². The van der Waals surface area contributed by atoms with Crippen molar-refractivity contribution in [1.82, 2.24) is 0 Å². The largest absolute Gasteiger partial charge is 0.478 e. The molecule has 0 fully saturated rings. The van der Waals surface area contributed by atoms with Gasteiger partial charge < -0.3 is 5.11 Å². The van der Waals surface area contributed by atoms with E-state index in [-0.39, 0.29) is 0 Å². The predicted octanol–water partition coefficient (Wildman–Crippen LogP) is 2.85. The summed E-state index contributed by atoms with van der Waals surface area (Å²) in [6.45, 7) is 5.11. The molecule has 0 amide bonds. The number of carboxylic acids is 1. The van der Waals surface area contributed by atoms with Gasteiger partial charge in [-0.2, -0.15) is 0 Å². The lowest BCUT2D eigenvalue weighted by Crippen LogP contribution is -1.98. The molecule has 0 saturated heterocycles. The molecule has 3 heteroatoms. The molecule has 0 saturated carbocycles. The quantitative estimate of drug-likeness (QED) is 0.774. The molecule has 1 atom stereocenters. The van der Waals surface area contributed by atoms with Crippen molar-refractivity contribution in [3.8, 4) is 0 Å². The molecule has 1 rings (SSSR count). The van der Waals surface area contributed by atoms with Gasteiger partial charge in [-0.15, -0.1) is 0 Å². The van der Waals surface area contributed by atoms with Crippen molar-refractivity contribution in [2.24, 2.45) is 10.9 Å². The fourth-order valence-corrected chi connectivity index (χ4v) is 1.18. The Hall–Kier alpha value is -1.64. The molecule has 3 nitrogen and oxygen atoms in total. The highest BCUT2D eigenvalue weighted by atomic mass is 16.4. The molecule has 0 heterocycles. The number of aliphatic imine (C=N–C) groups is 1. The van der Waals surface area contributed by atoms with Crippen LogP contribution in [-0.2, 0) is 0 Å². The second-order valence-electron chi connectivity index (χ2n) is 3.93. The van der Waals surface area contributed by atoms with E-state index >= 15 is 0 Å². The van der Waals surface area contributed by atoms with E-state index in [0.717, 1.165) is 18.5 Å². The van der Waals surface area contributed by atoms with Crippen LogP contribution in [0.5, 0.6) is 0 Å². The molecule has 1 N–H and O–H groups in total. The van der Waals surface area contributed by atoms with Gasteiger partial charge in [-0.3, -0.25) is 4.99 Å². The Balaban J connectivity index is 2.58. The third-order valence-corrected chi connectivity index (χ3v) is 2.51. The Bertz CT molecular complexity index is 368. The third-order valence-electron chi connectivity index (χ3n) is 2.51. The van der Waals surface area contributed by atoms with Crippen LogP contribution in [-0.4, -0.2) is 23.8 Å². The lowest BCUT2D eigenvalue weighted by Gasteiger charge is -2.02. The van der Waals surface area contributed by atoms with Crippen LogP contribution >= 0.6 is 0 Å². The zero-order chi connectivity index (χ0) is 12.0. The van der Waals surface area contributed by atoms with Crippen LogP contribution in [0.2, 0.25) is 0 Å². The summed E-state index contributed by atoms with van der Waals surface area (Å²) in [7, 11) is 0. The Morgan fingerprint density at radius 2 is 2.06 bits per heavy atom. The van der Waals surface area contributed by atoms with Gasteiger partial charge in [-0.1, -0.05) is 32.4 Å². The first-order valence-electron chi connectivity index (χ1n) is 5.46. The number of hydrogen-bond donors (Lipinski definition) is 1. The van der Waals surface area contributed by atoms with Gasteiger partial charge in [0.15, 0.2) is 0 Å². The van der Waals surface area contributed by atoms with E-state index in [1.807, 2.05) is 0 Å². The van der Waals surface area contributed by atoms with Gasteiger partial charge in [-0.25, -0.2) is 4.79 Å². The molecule has 86 valence electrons. The van der Waals surface area contributed by atoms with Crippen LogP contribution < -0.4 is 0 Å². The minimum Gasteiger partial charge on any atom is -0.478 e. The molecule has 1 aromatic rings. The summed E-state index contributed by atoms with van der Waals surface area (Å²) in [6.07, 6.45) is 2.91. The fraction of sp³-hybridized carbons (Fsp3) is 0.385. The van der Waals surface area contributed by atoms with Crippen LogP contribution in [0.15, 0.2) is 29.3 Å². The zero-order valence-corrected chi connectivity index (χ0v) is 9.68. The average molecular weight is 219 g/mol. The smallest absolute Gasteiger partial charge is 0.335 e. The van der Waals surface area contributed by atoms with E-state index in [2.05, 4.69) is 18.8 Å². The first kappa shape index (κ1) is 12.4. The van der Waals surface area contributed by atoms with Crippen molar-refractivity contribution in [2.75, 3.05) is 6.54 Å². The van der Waals surface area contributed by atoms with Crippen LogP contribution in [0.25, 0.3) is 0 Å². The molecule has 1 aromatic carbocycles. The predicted molar refractivity (Wildman–Crippen MR) is 65.3 cm³/mol. The summed E-state index contributed by atoms with van der Waals surface area (Å²) < 4.78 is 0. The van der Waals surface area contributed by atoms with E-state index in [4.69, 9.17) is 5.11 Å². The first-order chi connectivity index (χ1) is 7.63. The second-order valence-corrected chi connectivity index (χ2v) is 3.93. The molecule has 0 aliphatic rings. The lowest BCUT2D eigenvalue weighted by molar-refractivity contribution is 0.0697. The number of nitrogens with zero attached hydrogens (tertiary/aromatic N) is 1. The minimum atomic E-state index is -0.900. The maximum Gasteiger partial charge on any atom is 0.335 e. The summed E-state index contributed by atoms with van der Waals surface area (Å²) in [4.78, 5) is 14.9. The molecular formula is C13H17NO2. The zero-order valence-electron chi connectivity index (χ0n) is 9.68. The Morgan fingerprint density at radius 3 is 2.56 bits per heavy atom. The van der Waals surface area contributed by atoms with Crippen molar-refractivity contribution in [3.63, 3.8) is 0 Å². The number of aromatic carboxylic acids is 1. The normalized spacial score (nSPS) is 12.9. The molecule has 0 radical (unpaired) electrons. The van der Waals surface area contributed by atoms with Gasteiger partial charge in [0.1, 0.15) is 0 Å². The summed E-state index contributed by atoms with van der Waals surface area (Å²) in [6, 6.07) is 6.72. The van der Waals surface area contributed by atoms with Crippen molar-refractivity contribution < 1.29 is 9.90 Å². The van der Waals surface area contributed by atoms with Crippen LogP contribution in [0.1, 0.15) is 36.2 Å². The molecule has 0 aromatic heterocycles. The number of hydrogen-bond acceptors (Lipinski definition) is 2. The molecule has 0 bridgehead atoms. The maximum absolute atomic E-state index is 10.6. The topological polar surface area (TPSA) is 49.7 Å². The highest BCUT2D eigenvalue weighted by molar-refractivity contribution is 5.89. The van der Waals surface area contributed by atoms with E-state index in [1.165, 1.54) is 0 Å². The molecule has 0 aliphatic carbocycles. The Morgan fingerprint density at radius 1 is 1.44 bits per heavy atom. The molecule has 0 aliphatic heterocycles. The van der Waals surface area contributed by atoms with Crippen LogP contribution in [0.3, 0.4) is 0 Å². The Labute approximate surface area is 95.8 Å². The van der Waals surface area contributed by atoms with Crippen molar-refractivity contribution in [2.45, 2.75) is 20.3 Å². The van der Waals surface area contributed by atoms with Gasteiger partial charge in [0.25, 0.3) is 0 Å². The second kappa shape index (κ2) is 6.05. The molecular weight excluding hydrogens is 202 g/mol. The summed E-state index contributed by atoms with van der Waals surface area (Å²) in [5, 5.41) is 8.72. The molecule has 0 spiro atoms. The van der Waals surface area contributed by atoms with Crippen molar-refractivity contribution in [3.05, 3.63) is 35.4 Å². The Kier molecular flexibility index (Phi) is 4.70. The highest BCUT2D eigenvalue weighted by Gasteiger charge is 2.00. The molecule has 1 unspecified atom stereocenters. The number of benzene rings is 1. The summed E-state index contributed by atoms with van der Waals surface area (Å²) in [5.41, 5.74) is 1.24. The van der Waals surface area contributed by atoms with Crippen molar-refractivity contribution in [1.29, 1.82) is 0 Å². The van der Waals surface area contributed by atoms with Gasteiger partial charge in [0, 0.05) is 12.8 Å². The minimum absolute atomic E-state index is 0.305. The van der Waals surface area contributed by atoms with Gasteiger partial charge >= 0.3 is 5.97 Å². The van der Waals surface area contributed by atoms with E-state index < -0.39 is 5.97 Å². The number of carboxylic acid groups (broad SMARTS) is 1. The highest BCUT2D eigenvalue weighted by Crippen LogP contribution is 2.04. The lowest BCUT2D eigenvalue weighted by atomic mass is 10.1. The van der Waals surface area contributed by atoms with E-state index in [1.54, 1.807) is 30.5 Å². The van der Waals surface area contributed by atoms with E-state index in [0.29, 0.717) is 11.5 Å². The standard InChI is InChI=1S/C13H17NO2/c1-3-10(2)8-14-9-11-4-6-12(7-5-11)13(15)16/h4-7,9-10H,3,8H2,1-2H3,(H,15,16). The summed E-state index contributed by atoms with van der Waals surface area (Å²) >= 11 is 0. The maximum atomic E-state index is 10.6. The average Bonchev–Trinajstić information content (AvgIpc) is 2.29. The fourth-order valence-electron chi connectivity index (χ4n) is 1.18. The summed E-state index contributed by atoms with van der Waals surface area (Å²) in [5.74, 6) is -0.308. The third kappa shape index (κ3) is 3.85. The van der Waals surface area contributed by atoms with Crippen LogP contribution in [0.4, 0.5) is 0 Å². The monoisotopic (exact) mass is 219 g/mol. The number of rotatable bonds is 5. The van der Waals surface area contributed by atoms with Crippen LogP contribution in [0, 0.1) is 5.92 Å². The number of carbonyl (C=O) groups is 1. The SMILES string of the molecule is CCC(C)CN=Cc1ccc(C(=O)O)cc1. The van der Waals surface area contributed by atoms with E-state index in [9.17, 15) is 4.79 Å².